The second kappa shape index (κ2) is 6.57. The first-order valence-corrected chi connectivity index (χ1v) is 7.82. The van der Waals surface area contributed by atoms with E-state index >= 15 is 0 Å². The Morgan fingerprint density at radius 3 is 2.55 bits per heavy atom. The van der Waals surface area contributed by atoms with E-state index in [0.717, 1.165) is 5.56 Å². The predicted molar refractivity (Wildman–Crippen MR) is 83.3 cm³/mol. The van der Waals surface area contributed by atoms with Gasteiger partial charge >= 0.3 is 0 Å². The first kappa shape index (κ1) is 14.6. The third-order valence-electron chi connectivity index (χ3n) is 3.10. The van der Waals surface area contributed by atoms with Crippen LogP contribution in [-0.2, 0) is 10.8 Å². The molecule has 106 valence electrons. The van der Waals surface area contributed by atoms with Crippen LogP contribution in [0.4, 0.5) is 5.69 Å². The SMILES string of the molecule is CCOc1ccc(N)c(S(=O)C(C)c2ccccc2)c1. The normalized spacial score (nSPS) is 13.7. The molecule has 0 aliphatic rings. The van der Waals surface area contributed by atoms with E-state index < -0.39 is 10.8 Å². The van der Waals surface area contributed by atoms with Gasteiger partial charge in [-0.15, -0.1) is 0 Å². The molecule has 4 heteroatoms. The number of ether oxygens (including phenoxy) is 1. The summed E-state index contributed by atoms with van der Waals surface area (Å²) in [7, 11) is -1.21. The van der Waals surface area contributed by atoms with Gasteiger partial charge in [-0.1, -0.05) is 30.3 Å². The van der Waals surface area contributed by atoms with E-state index in [1.807, 2.05) is 44.2 Å². The van der Waals surface area contributed by atoms with Crippen LogP contribution in [0.1, 0.15) is 24.7 Å². The minimum atomic E-state index is -1.21. The molecule has 2 N–H and O–H groups in total. The second-order valence-corrected chi connectivity index (χ2v) is 6.22. The molecule has 0 fully saturated rings. The van der Waals surface area contributed by atoms with Gasteiger partial charge in [-0.25, -0.2) is 0 Å². The Morgan fingerprint density at radius 1 is 1.20 bits per heavy atom. The Kier molecular flexibility index (Phi) is 4.79. The molecule has 2 atom stereocenters. The van der Waals surface area contributed by atoms with Crippen molar-refractivity contribution < 1.29 is 8.95 Å². The van der Waals surface area contributed by atoms with E-state index in [1.54, 1.807) is 18.2 Å². The van der Waals surface area contributed by atoms with Gasteiger partial charge in [0.1, 0.15) is 5.75 Å². The molecule has 2 aromatic carbocycles. The molecule has 0 saturated heterocycles. The molecule has 0 aliphatic carbocycles. The fraction of sp³-hybridized carbons (Fsp3) is 0.250. The van der Waals surface area contributed by atoms with Crippen molar-refractivity contribution >= 4 is 16.5 Å². The van der Waals surface area contributed by atoms with E-state index in [2.05, 4.69) is 0 Å². The zero-order valence-electron chi connectivity index (χ0n) is 11.7. The van der Waals surface area contributed by atoms with Gasteiger partial charge in [0.25, 0.3) is 0 Å². The van der Waals surface area contributed by atoms with E-state index in [0.29, 0.717) is 22.9 Å². The first-order chi connectivity index (χ1) is 9.63. The van der Waals surface area contributed by atoms with Crippen molar-refractivity contribution in [1.82, 2.24) is 0 Å². The summed E-state index contributed by atoms with van der Waals surface area (Å²) in [6.45, 7) is 4.43. The number of nitrogen functional groups attached to an aromatic ring is 1. The lowest BCUT2D eigenvalue weighted by Crippen LogP contribution is -2.06. The van der Waals surface area contributed by atoms with Gasteiger partial charge in [0.15, 0.2) is 0 Å². The molecule has 2 aromatic rings. The summed E-state index contributed by atoms with van der Waals surface area (Å²) in [6, 6.07) is 15.1. The summed E-state index contributed by atoms with van der Waals surface area (Å²) in [5.41, 5.74) is 7.52. The van der Waals surface area contributed by atoms with Gasteiger partial charge in [0.05, 0.1) is 27.6 Å². The van der Waals surface area contributed by atoms with Gasteiger partial charge < -0.3 is 10.5 Å². The molecule has 0 bridgehead atoms. The summed E-state index contributed by atoms with van der Waals surface area (Å²) in [5.74, 6) is 0.699. The van der Waals surface area contributed by atoms with Gasteiger partial charge in [0, 0.05) is 5.69 Å². The molecule has 0 heterocycles. The third-order valence-corrected chi connectivity index (χ3v) is 4.80. The lowest BCUT2D eigenvalue weighted by Gasteiger charge is -2.14. The zero-order valence-corrected chi connectivity index (χ0v) is 12.5. The monoisotopic (exact) mass is 289 g/mol. The fourth-order valence-electron chi connectivity index (χ4n) is 1.98. The van der Waals surface area contributed by atoms with Crippen molar-refractivity contribution in [3.05, 3.63) is 54.1 Å². The van der Waals surface area contributed by atoms with Crippen LogP contribution in [0.5, 0.6) is 5.75 Å². The summed E-state index contributed by atoms with van der Waals surface area (Å²) < 4.78 is 18.1. The minimum absolute atomic E-state index is 0.115. The van der Waals surface area contributed by atoms with Crippen LogP contribution in [0.25, 0.3) is 0 Å². The van der Waals surface area contributed by atoms with E-state index in [9.17, 15) is 4.21 Å². The average Bonchev–Trinajstić information content (AvgIpc) is 2.49. The number of hydrogen-bond donors (Lipinski definition) is 1. The van der Waals surface area contributed by atoms with Crippen LogP contribution in [0.15, 0.2) is 53.4 Å². The van der Waals surface area contributed by atoms with E-state index in [1.165, 1.54) is 0 Å². The van der Waals surface area contributed by atoms with Crippen LogP contribution in [0.3, 0.4) is 0 Å². The maximum atomic E-state index is 12.7. The predicted octanol–water partition coefficient (Wildman–Crippen LogP) is 3.54. The van der Waals surface area contributed by atoms with Crippen LogP contribution in [-0.4, -0.2) is 10.8 Å². The van der Waals surface area contributed by atoms with Crippen molar-refractivity contribution in [2.45, 2.75) is 24.0 Å². The Bertz CT molecular complexity index is 599. The minimum Gasteiger partial charge on any atom is -0.494 e. The molecular weight excluding hydrogens is 270 g/mol. The number of benzene rings is 2. The fourth-order valence-corrected chi connectivity index (χ4v) is 3.30. The summed E-state index contributed by atoms with van der Waals surface area (Å²) in [6.07, 6.45) is 0. The highest BCUT2D eigenvalue weighted by molar-refractivity contribution is 7.85. The summed E-state index contributed by atoms with van der Waals surface area (Å²) in [5, 5.41) is -0.115. The van der Waals surface area contributed by atoms with Gasteiger partial charge in [-0.3, -0.25) is 4.21 Å². The molecule has 0 aromatic heterocycles. The lowest BCUT2D eigenvalue weighted by molar-refractivity contribution is 0.339. The topological polar surface area (TPSA) is 52.3 Å². The van der Waals surface area contributed by atoms with Gasteiger partial charge in [0.2, 0.25) is 0 Å². The van der Waals surface area contributed by atoms with Crippen LogP contribution in [0.2, 0.25) is 0 Å². The Labute approximate surface area is 122 Å². The molecule has 2 rings (SSSR count). The zero-order chi connectivity index (χ0) is 14.5. The summed E-state index contributed by atoms with van der Waals surface area (Å²) in [4.78, 5) is 0.632. The number of hydrogen-bond acceptors (Lipinski definition) is 3. The highest BCUT2D eigenvalue weighted by Gasteiger charge is 2.18. The lowest BCUT2D eigenvalue weighted by atomic mass is 10.2. The quantitative estimate of drug-likeness (QED) is 0.857. The molecule has 0 saturated carbocycles. The van der Waals surface area contributed by atoms with Crippen molar-refractivity contribution in [1.29, 1.82) is 0 Å². The van der Waals surface area contributed by atoms with Crippen LogP contribution < -0.4 is 10.5 Å². The Hall–Kier alpha value is -1.81. The molecule has 20 heavy (non-hydrogen) atoms. The average molecular weight is 289 g/mol. The number of anilines is 1. The third kappa shape index (κ3) is 3.20. The van der Waals surface area contributed by atoms with Crippen molar-refractivity contribution in [3.8, 4) is 5.75 Å². The summed E-state index contributed by atoms with van der Waals surface area (Å²) >= 11 is 0. The molecule has 0 aliphatic heterocycles. The van der Waals surface area contributed by atoms with E-state index in [-0.39, 0.29) is 5.25 Å². The standard InChI is InChI=1S/C16H19NO2S/c1-3-19-14-9-10-15(17)16(11-14)20(18)12(2)13-7-5-4-6-8-13/h4-12H,3,17H2,1-2H3. The highest BCUT2D eigenvalue weighted by atomic mass is 32.2. The molecule has 3 nitrogen and oxygen atoms in total. The van der Waals surface area contributed by atoms with Gasteiger partial charge in [-0.2, -0.15) is 0 Å². The van der Waals surface area contributed by atoms with Crippen LogP contribution >= 0.6 is 0 Å². The molecule has 0 amide bonds. The Balaban J connectivity index is 2.31. The smallest absolute Gasteiger partial charge is 0.120 e. The van der Waals surface area contributed by atoms with Crippen LogP contribution in [0, 0.1) is 0 Å². The molecule has 0 radical (unpaired) electrons. The Morgan fingerprint density at radius 2 is 1.90 bits per heavy atom. The maximum Gasteiger partial charge on any atom is 0.120 e. The molecule has 0 spiro atoms. The maximum absolute atomic E-state index is 12.7. The number of rotatable bonds is 5. The second-order valence-electron chi connectivity index (χ2n) is 4.48. The largest absolute Gasteiger partial charge is 0.494 e. The first-order valence-electron chi connectivity index (χ1n) is 6.61. The number of nitrogens with two attached hydrogens (primary N) is 1. The van der Waals surface area contributed by atoms with Crippen molar-refractivity contribution in [2.75, 3.05) is 12.3 Å². The highest BCUT2D eigenvalue weighted by Crippen LogP contribution is 2.30. The molecular formula is C16H19NO2S. The van der Waals surface area contributed by atoms with E-state index in [4.69, 9.17) is 10.5 Å². The molecule has 2 unspecified atom stereocenters. The van der Waals surface area contributed by atoms with Crippen molar-refractivity contribution in [2.24, 2.45) is 0 Å². The van der Waals surface area contributed by atoms with Crippen molar-refractivity contribution in [3.63, 3.8) is 0 Å². The van der Waals surface area contributed by atoms with Gasteiger partial charge in [-0.05, 0) is 37.6 Å².